The van der Waals surface area contributed by atoms with E-state index < -0.39 is 0 Å². The van der Waals surface area contributed by atoms with Gasteiger partial charge in [-0.25, -0.2) is 0 Å². The van der Waals surface area contributed by atoms with Crippen molar-refractivity contribution in [3.8, 4) is 0 Å². The van der Waals surface area contributed by atoms with Crippen LogP contribution in [0.4, 0.5) is 0 Å². The molecule has 0 amide bonds. The molecule has 128 valence electrons. The van der Waals surface area contributed by atoms with E-state index in [0.29, 0.717) is 5.41 Å². The van der Waals surface area contributed by atoms with Crippen LogP contribution in [0.3, 0.4) is 0 Å². The van der Waals surface area contributed by atoms with E-state index in [2.05, 4.69) is 55.0 Å². The summed E-state index contributed by atoms with van der Waals surface area (Å²) in [5, 5.41) is 0. The lowest BCUT2D eigenvalue weighted by Gasteiger charge is -2.23. The van der Waals surface area contributed by atoms with Crippen LogP contribution in [0.1, 0.15) is 109 Å². The molecule has 0 bridgehead atoms. The van der Waals surface area contributed by atoms with Gasteiger partial charge in [0.25, 0.3) is 0 Å². The van der Waals surface area contributed by atoms with Crippen molar-refractivity contribution < 1.29 is 0 Å². The van der Waals surface area contributed by atoms with Crippen LogP contribution >= 0.6 is 0 Å². The second-order valence-corrected chi connectivity index (χ2v) is 5.85. The molecule has 0 aromatic carbocycles. The lowest BCUT2D eigenvalue weighted by atomic mass is 9.82. The summed E-state index contributed by atoms with van der Waals surface area (Å²) in [4.78, 5) is 0. The van der Waals surface area contributed by atoms with Crippen molar-refractivity contribution in [1.82, 2.24) is 0 Å². The first-order valence-corrected chi connectivity index (χ1v) is 8.39. The van der Waals surface area contributed by atoms with E-state index in [1.165, 1.54) is 31.3 Å². The Bertz CT molecular complexity index is 151. The number of hydrogen-bond acceptors (Lipinski definition) is 0. The Labute approximate surface area is 133 Å². The predicted octanol–water partition coefficient (Wildman–Crippen LogP) is 8.52. The van der Waals surface area contributed by atoms with Crippen molar-refractivity contribution >= 4 is 0 Å². The Hall–Kier alpha value is -0.260. The average molecular weight is 289 g/mol. The molecule has 0 fully saturated rings. The smallest absolute Gasteiger partial charge is 0.0274 e. The normalized spacial score (nSPS) is 8.80. The summed E-state index contributed by atoms with van der Waals surface area (Å²) in [7, 11) is 0. The monoisotopic (exact) mass is 288 g/mol. The minimum absolute atomic E-state index is 0. The largest absolute Gasteiger partial charge is 0.100 e. The van der Waals surface area contributed by atoms with Gasteiger partial charge in [0.1, 0.15) is 0 Å². The first-order chi connectivity index (χ1) is 8.75. The summed E-state index contributed by atoms with van der Waals surface area (Å²) in [5.41, 5.74) is 1.78. The Kier molecular flexibility index (Phi) is 38.0. The highest BCUT2D eigenvalue weighted by molar-refractivity contribution is 4.93. The summed E-state index contributed by atoms with van der Waals surface area (Å²) >= 11 is 0. The lowest BCUT2D eigenvalue weighted by Crippen LogP contribution is -2.10. The predicted molar refractivity (Wildman–Crippen MR) is 103 cm³/mol. The number of allylic oxidation sites excluding steroid dienone is 1. The molecule has 0 atom stereocenters. The van der Waals surface area contributed by atoms with E-state index in [1.54, 1.807) is 0 Å². The molecule has 0 aliphatic heterocycles. The van der Waals surface area contributed by atoms with Crippen molar-refractivity contribution in [2.75, 3.05) is 0 Å². The maximum atomic E-state index is 3.92. The van der Waals surface area contributed by atoms with Gasteiger partial charge in [-0.1, -0.05) is 95.1 Å². The minimum atomic E-state index is 0. The van der Waals surface area contributed by atoms with Crippen molar-refractivity contribution in [3.05, 3.63) is 12.2 Å². The molecule has 0 N–H and O–H groups in total. The molecule has 0 aliphatic carbocycles. The molecule has 0 saturated carbocycles. The van der Waals surface area contributed by atoms with Gasteiger partial charge in [0, 0.05) is 0 Å². The molecule has 0 aliphatic rings. The van der Waals surface area contributed by atoms with Crippen molar-refractivity contribution in [2.24, 2.45) is 11.3 Å². The van der Waals surface area contributed by atoms with Crippen LogP contribution < -0.4 is 0 Å². The maximum Gasteiger partial charge on any atom is -0.0274 e. The van der Waals surface area contributed by atoms with Gasteiger partial charge in [0.05, 0.1) is 0 Å². The van der Waals surface area contributed by atoms with Gasteiger partial charge in [0.2, 0.25) is 0 Å². The van der Waals surface area contributed by atoms with Crippen LogP contribution in [0.15, 0.2) is 12.2 Å². The molecule has 0 heterocycles. The Balaban J connectivity index is -0.0000000639. The molecular formula is C20H48. The van der Waals surface area contributed by atoms with Crippen molar-refractivity contribution in [1.29, 1.82) is 0 Å². The highest BCUT2D eigenvalue weighted by Crippen LogP contribution is 2.29. The van der Waals surface area contributed by atoms with E-state index >= 15 is 0 Å². The third-order valence-corrected chi connectivity index (χ3v) is 2.52. The summed E-state index contributed by atoms with van der Waals surface area (Å²) in [6, 6.07) is 0. The second kappa shape index (κ2) is 23.8. The molecule has 0 nitrogen and oxygen atoms in total. The lowest BCUT2D eigenvalue weighted by molar-refractivity contribution is 0.328. The standard InChI is InChI=1S/C10H20.C5H12.2C2H6.CH4/c1-6-7-10(4,5)8-9(2)3;1-4-5(2)3;2*1-2;/h2,6-8H2,1,3-5H3;5H,4H2,1-3H3;2*1-2H3;1H4. The fourth-order valence-corrected chi connectivity index (χ4v) is 1.58. The topological polar surface area (TPSA) is 0 Å². The zero-order valence-electron chi connectivity index (χ0n) is 16.1. The molecule has 0 aromatic heterocycles. The van der Waals surface area contributed by atoms with Crippen LogP contribution in [0, 0.1) is 11.3 Å². The zero-order valence-corrected chi connectivity index (χ0v) is 16.1. The van der Waals surface area contributed by atoms with E-state index in [1.807, 2.05) is 27.7 Å². The number of hydrogen-bond donors (Lipinski definition) is 0. The van der Waals surface area contributed by atoms with Crippen LogP contribution in [0.2, 0.25) is 0 Å². The Morgan fingerprint density at radius 1 is 1.00 bits per heavy atom. The zero-order chi connectivity index (χ0) is 16.5. The van der Waals surface area contributed by atoms with E-state index in [9.17, 15) is 0 Å². The number of rotatable bonds is 5. The first-order valence-electron chi connectivity index (χ1n) is 8.39. The molecule has 0 spiro atoms. The molecule has 0 aromatic rings. The molecular weight excluding hydrogens is 240 g/mol. The molecule has 0 saturated heterocycles. The van der Waals surface area contributed by atoms with Gasteiger partial charge >= 0.3 is 0 Å². The van der Waals surface area contributed by atoms with Gasteiger partial charge in [-0.3, -0.25) is 0 Å². The van der Waals surface area contributed by atoms with Gasteiger partial charge in [-0.15, -0.1) is 6.58 Å². The fraction of sp³-hybridized carbons (Fsp3) is 0.900. The average Bonchev–Trinajstić information content (AvgIpc) is 2.33. The maximum absolute atomic E-state index is 3.92. The van der Waals surface area contributed by atoms with E-state index in [0.717, 1.165) is 5.92 Å². The fourth-order valence-electron chi connectivity index (χ4n) is 1.58. The minimum Gasteiger partial charge on any atom is -0.100 e. The highest BCUT2D eigenvalue weighted by atomic mass is 14.2. The Morgan fingerprint density at radius 2 is 1.30 bits per heavy atom. The Morgan fingerprint density at radius 3 is 1.45 bits per heavy atom. The third kappa shape index (κ3) is 43.1. The first kappa shape index (κ1) is 31.9. The van der Waals surface area contributed by atoms with Crippen LogP contribution in [0.25, 0.3) is 0 Å². The van der Waals surface area contributed by atoms with Crippen LogP contribution in [-0.4, -0.2) is 0 Å². The van der Waals surface area contributed by atoms with Crippen LogP contribution in [0.5, 0.6) is 0 Å². The highest BCUT2D eigenvalue weighted by Gasteiger charge is 2.15. The SMILES string of the molecule is C.C=C(C)CC(C)(C)CCC.CC.CC.CCC(C)C. The molecule has 0 radical (unpaired) electrons. The summed E-state index contributed by atoms with van der Waals surface area (Å²) in [6.07, 6.45) is 5.06. The molecule has 0 unspecified atom stereocenters. The van der Waals surface area contributed by atoms with E-state index in [-0.39, 0.29) is 7.43 Å². The van der Waals surface area contributed by atoms with Gasteiger partial charge in [-0.2, -0.15) is 0 Å². The third-order valence-electron chi connectivity index (χ3n) is 2.52. The van der Waals surface area contributed by atoms with Gasteiger partial charge < -0.3 is 0 Å². The quantitative estimate of drug-likeness (QED) is 0.445. The van der Waals surface area contributed by atoms with Gasteiger partial charge in [0.15, 0.2) is 0 Å². The second-order valence-electron chi connectivity index (χ2n) is 5.85. The summed E-state index contributed by atoms with van der Waals surface area (Å²) in [5.74, 6) is 0.884. The molecule has 0 heteroatoms. The van der Waals surface area contributed by atoms with Crippen molar-refractivity contribution in [2.45, 2.75) is 109 Å². The summed E-state index contributed by atoms with van der Waals surface area (Å²) in [6.45, 7) is 27.5. The van der Waals surface area contributed by atoms with Crippen LogP contribution in [-0.2, 0) is 0 Å². The van der Waals surface area contributed by atoms with Crippen molar-refractivity contribution in [3.63, 3.8) is 0 Å². The van der Waals surface area contributed by atoms with Gasteiger partial charge in [-0.05, 0) is 31.1 Å². The molecule has 20 heavy (non-hydrogen) atoms. The van der Waals surface area contributed by atoms with E-state index in [4.69, 9.17) is 0 Å². The molecule has 0 rings (SSSR count). The summed E-state index contributed by atoms with van der Waals surface area (Å²) < 4.78 is 0.